The van der Waals surface area contributed by atoms with Crippen molar-refractivity contribution in [3.05, 3.63) is 113 Å². The lowest BCUT2D eigenvalue weighted by Gasteiger charge is -2.12. The van der Waals surface area contributed by atoms with Gasteiger partial charge in [0.1, 0.15) is 5.76 Å². The summed E-state index contributed by atoms with van der Waals surface area (Å²) in [6.07, 6.45) is 6.84. The molecule has 1 aliphatic rings. The number of rotatable bonds is 7. The molecule has 8 heteroatoms. The van der Waals surface area contributed by atoms with Gasteiger partial charge < -0.3 is 14.3 Å². The van der Waals surface area contributed by atoms with Crippen molar-refractivity contribution in [1.82, 2.24) is 19.8 Å². The number of imidazole rings is 1. The topological polar surface area (TPSA) is 97.4 Å². The minimum absolute atomic E-state index is 0.0502. The summed E-state index contributed by atoms with van der Waals surface area (Å²) < 4.78 is 7.21. The van der Waals surface area contributed by atoms with Crippen molar-refractivity contribution in [3.63, 3.8) is 0 Å². The van der Waals surface area contributed by atoms with Crippen LogP contribution >= 0.6 is 0 Å². The molecule has 33 heavy (non-hydrogen) atoms. The minimum atomic E-state index is -0.438. The average Bonchev–Trinajstić information content (AvgIpc) is 3.58. The van der Waals surface area contributed by atoms with E-state index >= 15 is 0 Å². The lowest BCUT2D eigenvalue weighted by molar-refractivity contribution is 0.0631. The number of carbonyl (C=O) groups excluding carboxylic acids is 3. The van der Waals surface area contributed by atoms with Crippen LogP contribution in [-0.2, 0) is 19.6 Å². The molecule has 1 N–H and O–H groups in total. The molecule has 0 atom stereocenters. The Morgan fingerprint density at radius 1 is 0.939 bits per heavy atom. The second-order valence-corrected chi connectivity index (χ2v) is 7.72. The third-order valence-corrected chi connectivity index (χ3v) is 5.60. The smallest absolute Gasteiger partial charge is 0.261 e. The number of benzene rings is 2. The molecular formula is C25H20N4O4. The fourth-order valence-corrected chi connectivity index (χ4v) is 3.87. The fourth-order valence-electron chi connectivity index (χ4n) is 3.87. The maximum atomic E-state index is 12.8. The summed E-state index contributed by atoms with van der Waals surface area (Å²) in [6.45, 7) is 1.03. The second-order valence-electron chi connectivity index (χ2n) is 7.72. The number of aromatic nitrogens is 2. The summed E-state index contributed by atoms with van der Waals surface area (Å²) in [5.74, 6) is -0.643. The van der Waals surface area contributed by atoms with Gasteiger partial charge in [-0.3, -0.25) is 19.3 Å². The number of carbonyl (C=O) groups is 3. The zero-order valence-electron chi connectivity index (χ0n) is 17.6. The molecule has 0 spiro atoms. The largest absolute Gasteiger partial charge is 0.467 e. The summed E-state index contributed by atoms with van der Waals surface area (Å²) in [5, 5.41) is 2.91. The number of hydrogen-bond donors (Lipinski definition) is 1. The molecule has 0 fully saturated rings. The van der Waals surface area contributed by atoms with Crippen molar-refractivity contribution in [3.8, 4) is 0 Å². The lowest BCUT2D eigenvalue weighted by atomic mass is 10.0. The number of amides is 3. The van der Waals surface area contributed by atoms with Crippen molar-refractivity contribution in [1.29, 1.82) is 0 Å². The summed E-state index contributed by atoms with van der Waals surface area (Å²) >= 11 is 0. The number of furan rings is 1. The van der Waals surface area contributed by atoms with Crippen LogP contribution in [0.1, 0.15) is 48.0 Å². The molecule has 3 heterocycles. The van der Waals surface area contributed by atoms with Gasteiger partial charge in [0.15, 0.2) is 0 Å². The van der Waals surface area contributed by atoms with E-state index in [0.29, 0.717) is 24.4 Å². The monoisotopic (exact) mass is 440 g/mol. The number of imide groups is 1. The first kappa shape index (κ1) is 20.4. The Morgan fingerprint density at radius 2 is 1.76 bits per heavy atom. The highest BCUT2D eigenvalue weighted by atomic mass is 16.3. The predicted octanol–water partition coefficient (Wildman–Crippen LogP) is 3.25. The Hall–Kier alpha value is -4.46. The number of nitrogens with zero attached hydrogens (tertiary/aromatic N) is 3. The molecule has 0 aliphatic carbocycles. The van der Waals surface area contributed by atoms with E-state index in [2.05, 4.69) is 10.3 Å². The molecule has 1 aliphatic heterocycles. The molecule has 2 aromatic carbocycles. The molecule has 0 radical (unpaired) electrons. The molecule has 3 amide bonds. The molecular weight excluding hydrogens is 420 g/mol. The number of hydrogen-bond acceptors (Lipinski definition) is 5. The van der Waals surface area contributed by atoms with Crippen molar-refractivity contribution >= 4 is 17.7 Å². The quantitative estimate of drug-likeness (QED) is 0.445. The van der Waals surface area contributed by atoms with Crippen LogP contribution in [0, 0.1) is 0 Å². The third kappa shape index (κ3) is 4.06. The van der Waals surface area contributed by atoms with E-state index in [1.165, 1.54) is 18.4 Å². The van der Waals surface area contributed by atoms with E-state index in [4.69, 9.17) is 4.42 Å². The Kier molecular flexibility index (Phi) is 5.32. The molecule has 2 aromatic heterocycles. The third-order valence-electron chi connectivity index (χ3n) is 5.60. The highest BCUT2D eigenvalue weighted by Gasteiger charge is 2.36. The van der Waals surface area contributed by atoms with Crippen LogP contribution in [0.3, 0.4) is 0 Å². The highest BCUT2D eigenvalue weighted by Crippen LogP contribution is 2.26. The summed E-state index contributed by atoms with van der Waals surface area (Å²) in [7, 11) is 0. The molecule has 0 saturated carbocycles. The second kappa shape index (κ2) is 8.58. The van der Waals surface area contributed by atoms with Crippen LogP contribution in [0.15, 0.2) is 84.0 Å². The Morgan fingerprint density at radius 3 is 2.52 bits per heavy atom. The van der Waals surface area contributed by atoms with E-state index in [0.717, 1.165) is 16.0 Å². The standard InChI is InChI=1S/C25H20N4O4/c30-23(27-13-18-4-1-2-5-19(18)14-28-10-9-26-16-28)17-7-8-21-22(12-17)25(32)29(24(21)31)15-20-6-3-11-33-20/h1-12,16H,13-15H2,(H,27,30). The van der Waals surface area contributed by atoms with E-state index in [1.807, 2.05) is 35.0 Å². The summed E-state index contributed by atoms with van der Waals surface area (Å²) in [6, 6.07) is 15.8. The van der Waals surface area contributed by atoms with Gasteiger partial charge in [-0.1, -0.05) is 24.3 Å². The van der Waals surface area contributed by atoms with Gasteiger partial charge in [0.2, 0.25) is 0 Å². The van der Waals surface area contributed by atoms with Crippen molar-refractivity contribution < 1.29 is 18.8 Å². The Labute approximate surface area is 189 Å². The zero-order valence-corrected chi connectivity index (χ0v) is 17.6. The van der Waals surface area contributed by atoms with Crippen molar-refractivity contribution in [2.24, 2.45) is 0 Å². The van der Waals surface area contributed by atoms with Crippen molar-refractivity contribution in [2.75, 3.05) is 0 Å². The van der Waals surface area contributed by atoms with E-state index < -0.39 is 11.8 Å². The van der Waals surface area contributed by atoms with Gasteiger partial charge in [-0.15, -0.1) is 0 Å². The number of fused-ring (bicyclic) bond motifs is 1. The fraction of sp³-hybridized carbons (Fsp3) is 0.120. The molecule has 164 valence electrons. The van der Waals surface area contributed by atoms with Crippen LogP contribution in [0.5, 0.6) is 0 Å². The molecule has 4 aromatic rings. The Bertz CT molecular complexity index is 1330. The maximum absolute atomic E-state index is 12.8. The highest BCUT2D eigenvalue weighted by molar-refractivity contribution is 6.22. The normalized spacial score (nSPS) is 12.8. The van der Waals surface area contributed by atoms with Crippen LogP contribution in [0.4, 0.5) is 0 Å². The maximum Gasteiger partial charge on any atom is 0.261 e. The van der Waals surface area contributed by atoms with Gasteiger partial charge in [-0.2, -0.15) is 0 Å². The van der Waals surface area contributed by atoms with Crippen LogP contribution in [-0.4, -0.2) is 32.2 Å². The lowest BCUT2D eigenvalue weighted by Crippen LogP contribution is -2.28. The first-order chi connectivity index (χ1) is 16.1. The van der Waals surface area contributed by atoms with Gasteiger partial charge in [0.25, 0.3) is 17.7 Å². The molecule has 0 bridgehead atoms. The molecule has 0 unspecified atom stereocenters. The van der Waals surface area contributed by atoms with Gasteiger partial charge in [-0.25, -0.2) is 4.98 Å². The van der Waals surface area contributed by atoms with E-state index in [-0.39, 0.29) is 23.6 Å². The van der Waals surface area contributed by atoms with Gasteiger partial charge in [-0.05, 0) is 41.5 Å². The first-order valence-electron chi connectivity index (χ1n) is 10.4. The van der Waals surface area contributed by atoms with Gasteiger partial charge in [0.05, 0.1) is 30.3 Å². The molecule has 5 rings (SSSR count). The van der Waals surface area contributed by atoms with Crippen LogP contribution < -0.4 is 5.32 Å². The van der Waals surface area contributed by atoms with E-state index in [1.54, 1.807) is 30.7 Å². The van der Waals surface area contributed by atoms with Crippen LogP contribution in [0.25, 0.3) is 0 Å². The SMILES string of the molecule is O=C(NCc1ccccc1Cn1ccnc1)c1ccc2c(c1)C(=O)N(Cc1ccco1)C2=O. The summed E-state index contributed by atoms with van der Waals surface area (Å²) in [5.41, 5.74) is 2.88. The number of nitrogens with one attached hydrogen (secondary N) is 1. The Balaban J connectivity index is 1.29. The first-order valence-corrected chi connectivity index (χ1v) is 10.4. The average molecular weight is 440 g/mol. The summed E-state index contributed by atoms with van der Waals surface area (Å²) in [4.78, 5) is 43.5. The molecule has 0 saturated heterocycles. The van der Waals surface area contributed by atoms with E-state index in [9.17, 15) is 14.4 Å². The minimum Gasteiger partial charge on any atom is -0.467 e. The predicted molar refractivity (Wildman–Crippen MR) is 118 cm³/mol. The van der Waals surface area contributed by atoms with Crippen LogP contribution in [0.2, 0.25) is 0 Å². The van der Waals surface area contributed by atoms with Gasteiger partial charge >= 0.3 is 0 Å². The van der Waals surface area contributed by atoms with Gasteiger partial charge in [0, 0.05) is 31.0 Å². The molecule has 8 nitrogen and oxygen atoms in total. The zero-order chi connectivity index (χ0) is 22.8. The van der Waals surface area contributed by atoms with Crippen molar-refractivity contribution in [2.45, 2.75) is 19.6 Å².